The third kappa shape index (κ3) is 2.61. The average molecular weight is 318 g/mol. The van der Waals surface area contributed by atoms with Crippen molar-refractivity contribution in [3.63, 3.8) is 0 Å². The predicted octanol–water partition coefficient (Wildman–Crippen LogP) is 3.99. The van der Waals surface area contributed by atoms with Crippen molar-refractivity contribution < 1.29 is 9.90 Å². The number of hydrogen-bond acceptors (Lipinski definition) is 3. The number of hydrogen-bond donors (Lipinski definition) is 2. The summed E-state index contributed by atoms with van der Waals surface area (Å²) in [5.41, 5.74) is 6.02. The molecule has 0 amide bonds. The van der Waals surface area contributed by atoms with Crippen molar-refractivity contribution in [1.29, 1.82) is 0 Å². The molecule has 0 aliphatic heterocycles. The number of nitrogen functional groups attached to an aromatic ring is 1. The summed E-state index contributed by atoms with van der Waals surface area (Å²) in [5.74, 6) is -1.06. The Kier molecular flexibility index (Phi) is 3.85. The molecule has 0 atom stereocenters. The van der Waals surface area contributed by atoms with Crippen LogP contribution in [0.4, 0.5) is 5.82 Å². The lowest BCUT2D eigenvalue weighted by molar-refractivity contribution is 0.0697. The first kappa shape index (κ1) is 13.9. The minimum Gasteiger partial charge on any atom is -0.478 e. The highest BCUT2D eigenvalue weighted by Gasteiger charge is 2.19. The summed E-state index contributed by atoms with van der Waals surface area (Å²) < 4.78 is 0. The first-order chi connectivity index (χ1) is 8.91. The number of benzene rings is 1. The van der Waals surface area contributed by atoms with Gasteiger partial charge in [0.2, 0.25) is 0 Å². The maximum atomic E-state index is 11.3. The van der Waals surface area contributed by atoms with E-state index >= 15 is 0 Å². The molecule has 0 fully saturated rings. The molecule has 0 radical (unpaired) electrons. The van der Waals surface area contributed by atoms with Gasteiger partial charge in [0.25, 0.3) is 0 Å². The van der Waals surface area contributed by atoms with Gasteiger partial charge >= 0.3 is 5.97 Å². The van der Waals surface area contributed by atoms with Crippen molar-refractivity contribution in [2.24, 2.45) is 0 Å². The van der Waals surface area contributed by atoms with Gasteiger partial charge in [0.15, 0.2) is 0 Å². The van der Waals surface area contributed by atoms with Crippen LogP contribution in [0, 0.1) is 0 Å². The zero-order chi connectivity index (χ0) is 14.2. The van der Waals surface area contributed by atoms with Gasteiger partial charge in [-0.3, -0.25) is 0 Å². The third-order valence-electron chi connectivity index (χ3n) is 2.47. The summed E-state index contributed by atoms with van der Waals surface area (Å²) in [5, 5.41) is 9.92. The molecule has 7 heteroatoms. The second kappa shape index (κ2) is 5.25. The zero-order valence-electron chi connectivity index (χ0n) is 9.32. The Morgan fingerprint density at radius 3 is 2.47 bits per heavy atom. The van der Waals surface area contributed by atoms with Gasteiger partial charge in [0.05, 0.1) is 20.6 Å². The van der Waals surface area contributed by atoms with E-state index in [4.69, 9.17) is 40.5 Å². The SMILES string of the molecule is Nc1cc(C(=O)O)c(-c2c(Cl)ccc(Cl)c2Cl)cn1. The van der Waals surface area contributed by atoms with E-state index in [-0.39, 0.29) is 32.0 Å². The summed E-state index contributed by atoms with van der Waals surface area (Å²) in [6.07, 6.45) is 1.31. The number of halogens is 3. The van der Waals surface area contributed by atoms with Crippen molar-refractivity contribution in [2.75, 3.05) is 5.73 Å². The molecule has 1 aromatic carbocycles. The van der Waals surface area contributed by atoms with Crippen LogP contribution in [0.2, 0.25) is 15.1 Å². The molecule has 0 aliphatic carbocycles. The third-order valence-corrected chi connectivity index (χ3v) is 3.59. The number of aromatic nitrogens is 1. The Balaban J connectivity index is 2.79. The number of carboxylic acids is 1. The van der Waals surface area contributed by atoms with Gasteiger partial charge < -0.3 is 10.8 Å². The highest BCUT2D eigenvalue weighted by Crippen LogP contribution is 2.40. The van der Waals surface area contributed by atoms with Gasteiger partial charge in [-0.25, -0.2) is 9.78 Å². The second-order valence-electron chi connectivity index (χ2n) is 3.68. The van der Waals surface area contributed by atoms with Crippen LogP contribution < -0.4 is 5.73 Å². The maximum Gasteiger partial charge on any atom is 0.336 e. The first-order valence-electron chi connectivity index (χ1n) is 5.04. The summed E-state index contributed by atoms with van der Waals surface area (Å²) in [6.45, 7) is 0. The molecule has 0 bridgehead atoms. The summed E-state index contributed by atoms with van der Waals surface area (Å²) in [7, 11) is 0. The number of nitrogens with two attached hydrogens (primary N) is 1. The van der Waals surface area contributed by atoms with Crippen LogP contribution in [0.25, 0.3) is 11.1 Å². The van der Waals surface area contributed by atoms with Gasteiger partial charge in [0.1, 0.15) is 5.82 Å². The molecule has 19 heavy (non-hydrogen) atoms. The van der Waals surface area contributed by atoms with Crippen molar-refractivity contribution >= 4 is 46.6 Å². The van der Waals surface area contributed by atoms with E-state index in [9.17, 15) is 9.90 Å². The molecule has 1 aromatic heterocycles. The van der Waals surface area contributed by atoms with E-state index in [0.29, 0.717) is 5.56 Å². The highest BCUT2D eigenvalue weighted by atomic mass is 35.5. The molecule has 0 saturated heterocycles. The van der Waals surface area contributed by atoms with E-state index < -0.39 is 5.97 Å². The van der Waals surface area contributed by atoms with Crippen LogP contribution in [-0.2, 0) is 0 Å². The Morgan fingerprint density at radius 2 is 1.84 bits per heavy atom. The smallest absolute Gasteiger partial charge is 0.336 e. The van der Waals surface area contributed by atoms with E-state index in [1.54, 1.807) is 0 Å². The van der Waals surface area contributed by atoms with E-state index in [0.717, 1.165) is 0 Å². The molecule has 0 unspecified atom stereocenters. The molecule has 3 N–H and O–H groups in total. The van der Waals surface area contributed by atoms with Crippen LogP contribution in [0.3, 0.4) is 0 Å². The maximum absolute atomic E-state index is 11.3. The van der Waals surface area contributed by atoms with Crippen LogP contribution in [-0.4, -0.2) is 16.1 Å². The van der Waals surface area contributed by atoms with Gasteiger partial charge in [-0.15, -0.1) is 0 Å². The van der Waals surface area contributed by atoms with Crippen LogP contribution in [0.15, 0.2) is 24.4 Å². The van der Waals surface area contributed by atoms with Crippen LogP contribution in [0.5, 0.6) is 0 Å². The van der Waals surface area contributed by atoms with Crippen molar-refractivity contribution in [3.8, 4) is 11.1 Å². The molecule has 2 aromatic rings. The minimum absolute atomic E-state index is 0.0430. The van der Waals surface area contributed by atoms with E-state index in [1.807, 2.05) is 0 Å². The molecule has 0 aliphatic rings. The number of carboxylic acid groups (broad SMARTS) is 1. The Morgan fingerprint density at radius 1 is 1.21 bits per heavy atom. The number of rotatable bonds is 2. The largest absolute Gasteiger partial charge is 0.478 e. The predicted molar refractivity (Wildman–Crippen MR) is 76.1 cm³/mol. The quantitative estimate of drug-likeness (QED) is 0.821. The number of carbonyl (C=O) groups is 1. The Hall–Kier alpha value is -1.49. The zero-order valence-corrected chi connectivity index (χ0v) is 11.6. The standard InChI is InChI=1S/C12H7Cl3N2O2/c13-7-1-2-8(14)11(15)10(7)6-4-17-9(16)3-5(6)12(18)19/h1-4H,(H2,16,17)(H,18,19). The number of aromatic carboxylic acids is 1. The summed E-state index contributed by atoms with van der Waals surface area (Å²) >= 11 is 18.1. The van der Waals surface area contributed by atoms with Gasteiger partial charge in [-0.05, 0) is 18.2 Å². The molecule has 1 heterocycles. The van der Waals surface area contributed by atoms with Gasteiger partial charge in [0, 0.05) is 17.3 Å². The van der Waals surface area contributed by atoms with E-state index in [1.165, 1.54) is 24.4 Å². The molecular formula is C12H7Cl3N2O2. The molecule has 0 spiro atoms. The highest BCUT2D eigenvalue weighted by molar-refractivity contribution is 6.46. The lowest BCUT2D eigenvalue weighted by Gasteiger charge is -2.11. The normalized spacial score (nSPS) is 10.5. The number of nitrogens with zero attached hydrogens (tertiary/aromatic N) is 1. The lowest BCUT2D eigenvalue weighted by Crippen LogP contribution is -2.03. The summed E-state index contributed by atoms with van der Waals surface area (Å²) in [4.78, 5) is 15.1. The van der Waals surface area contributed by atoms with Crippen molar-refractivity contribution in [3.05, 3.63) is 45.0 Å². The minimum atomic E-state index is -1.16. The average Bonchev–Trinajstić information content (AvgIpc) is 2.36. The fourth-order valence-electron chi connectivity index (χ4n) is 1.62. The second-order valence-corrected chi connectivity index (χ2v) is 4.87. The van der Waals surface area contributed by atoms with Gasteiger partial charge in [-0.1, -0.05) is 34.8 Å². The lowest BCUT2D eigenvalue weighted by atomic mass is 10.0. The molecule has 4 nitrogen and oxygen atoms in total. The van der Waals surface area contributed by atoms with Crippen molar-refractivity contribution in [2.45, 2.75) is 0 Å². The molecular weight excluding hydrogens is 311 g/mol. The molecule has 2 rings (SSSR count). The first-order valence-corrected chi connectivity index (χ1v) is 6.18. The van der Waals surface area contributed by atoms with Crippen LogP contribution >= 0.6 is 34.8 Å². The molecule has 98 valence electrons. The monoisotopic (exact) mass is 316 g/mol. The number of pyridine rings is 1. The Labute approximate surface area is 123 Å². The fourth-order valence-corrected chi connectivity index (χ4v) is 2.35. The fraction of sp³-hybridized carbons (Fsp3) is 0. The number of anilines is 1. The topological polar surface area (TPSA) is 76.2 Å². The van der Waals surface area contributed by atoms with Crippen LogP contribution in [0.1, 0.15) is 10.4 Å². The molecule has 0 saturated carbocycles. The van der Waals surface area contributed by atoms with E-state index in [2.05, 4.69) is 4.98 Å². The summed E-state index contributed by atoms with van der Waals surface area (Å²) in [6, 6.07) is 4.30. The van der Waals surface area contributed by atoms with Gasteiger partial charge in [-0.2, -0.15) is 0 Å². The Bertz CT molecular complexity index is 674. The van der Waals surface area contributed by atoms with Crippen molar-refractivity contribution in [1.82, 2.24) is 4.98 Å².